The van der Waals surface area contributed by atoms with Gasteiger partial charge in [0.15, 0.2) is 0 Å². The third-order valence-electron chi connectivity index (χ3n) is 2.10. The molecular formula is C10H17BF4N2O2. The van der Waals surface area contributed by atoms with Crippen LogP contribution in [0, 0.1) is 0 Å². The van der Waals surface area contributed by atoms with E-state index >= 15 is 0 Å². The first-order valence-corrected chi connectivity index (χ1v) is 5.86. The smallest absolute Gasteiger partial charge is 0.481 e. The maximum Gasteiger partial charge on any atom is 0.673 e. The molecule has 0 unspecified atom stereocenters. The second kappa shape index (κ2) is 8.55. The van der Waals surface area contributed by atoms with Gasteiger partial charge in [-0.25, -0.2) is 9.13 Å². The fourth-order valence-electron chi connectivity index (χ4n) is 1.27. The Morgan fingerprint density at radius 1 is 1.37 bits per heavy atom. The highest BCUT2D eigenvalue weighted by atomic mass is 19.5. The first-order valence-electron chi connectivity index (χ1n) is 5.86. The van der Waals surface area contributed by atoms with E-state index in [9.17, 15) is 22.1 Å². The Morgan fingerprint density at radius 3 is 2.42 bits per heavy atom. The third kappa shape index (κ3) is 12.7. The lowest BCUT2D eigenvalue weighted by Crippen LogP contribution is -2.30. The summed E-state index contributed by atoms with van der Waals surface area (Å²) in [7, 11) is -6.00. The molecule has 110 valence electrons. The van der Waals surface area contributed by atoms with Crippen molar-refractivity contribution in [3.63, 3.8) is 0 Å². The first-order chi connectivity index (χ1) is 8.72. The Balaban J connectivity index is 0.000000555. The highest BCUT2D eigenvalue weighted by molar-refractivity contribution is 6.50. The summed E-state index contributed by atoms with van der Waals surface area (Å²) in [6.07, 6.45) is 8.37. The molecule has 0 aliphatic rings. The van der Waals surface area contributed by atoms with Gasteiger partial charge in [0, 0.05) is 0 Å². The fourth-order valence-corrected chi connectivity index (χ4v) is 1.27. The summed E-state index contributed by atoms with van der Waals surface area (Å²) in [6.45, 7) is 3.72. The molecule has 1 heterocycles. The molecule has 0 saturated carbocycles. The summed E-state index contributed by atoms with van der Waals surface area (Å²) in [6, 6.07) is 0. The van der Waals surface area contributed by atoms with Crippen molar-refractivity contribution < 1.29 is 31.7 Å². The fraction of sp³-hybridized carbons (Fsp3) is 0.600. The Hall–Kier alpha value is -1.54. The number of imidazole rings is 1. The molecule has 0 aromatic carbocycles. The van der Waals surface area contributed by atoms with E-state index in [1.165, 1.54) is 6.42 Å². The zero-order valence-electron chi connectivity index (χ0n) is 10.6. The average molecular weight is 284 g/mol. The highest BCUT2D eigenvalue weighted by Gasteiger charge is 2.20. The van der Waals surface area contributed by atoms with E-state index in [4.69, 9.17) is 5.11 Å². The summed E-state index contributed by atoms with van der Waals surface area (Å²) < 4.78 is 43.0. The number of rotatable bonds is 6. The normalized spacial score (nSPS) is 10.8. The van der Waals surface area contributed by atoms with Gasteiger partial charge in [0.1, 0.15) is 18.9 Å². The predicted octanol–water partition coefficient (Wildman–Crippen LogP) is 2.35. The number of aryl methyl sites for hydroxylation is 2. The molecular weight excluding hydrogens is 267 g/mol. The molecule has 0 spiro atoms. The minimum atomic E-state index is -6.00. The zero-order valence-corrected chi connectivity index (χ0v) is 10.6. The molecule has 4 nitrogen and oxygen atoms in total. The van der Waals surface area contributed by atoms with E-state index in [1.807, 2.05) is 23.3 Å². The van der Waals surface area contributed by atoms with Crippen molar-refractivity contribution in [2.75, 3.05) is 0 Å². The van der Waals surface area contributed by atoms with Crippen molar-refractivity contribution in [2.24, 2.45) is 0 Å². The van der Waals surface area contributed by atoms with Crippen LogP contribution in [0.1, 0.15) is 26.2 Å². The summed E-state index contributed by atoms with van der Waals surface area (Å²) >= 11 is 0. The standard InChI is InChI=1S/C10H16N2O2.BF4/c1-2-3-5-11-7-8-12(9-11)6-4-10(13)14;2-1(3,4)5/h7-9H,2-6H2,1H3;/q;-1/p+1. The topological polar surface area (TPSA) is 46.1 Å². The van der Waals surface area contributed by atoms with Crippen LogP contribution in [0.4, 0.5) is 17.3 Å². The quantitative estimate of drug-likeness (QED) is 0.495. The largest absolute Gasteiger partial charge is 0.673 e. The Bertz CT molecular complexity index is 376. The maximum absolute atomic E-state index is 10.3. The van der Waals surface area contributed by atoms with Gasteiger partial charge in [0.25, 0.3) is 0 Å². The van der Waals surface area contributed by atoms with Crippen molar-refractivity contribution in [2.45, 2.75) is 39.3 Å². The van der Waals surface area contributed by atoms with E-state index < -0.39 is 13.2 Å². The number of carbonyl (C=O) groups is 1. The third-order valence-corrected chi connectivity index (χ3v) is 2.10. The molecule has 0 fully saturated rings. The molecule has 1 aromatic heterocycles. The van der Waals surface area contributed by atoms with E-state index in [-0.39, 0.29) is 6.42 Å². The molecule has 0 atom stereocenters. The second-order valence-corrected chi connectivity index (χ2v) is 3.88. The van der Waals surface area contributed by atoms with Gasteiger partial charge < -0.3 is 22.4 Å². The number of carboxylic acids is 1. The maximum atomic E-state index is 10.3. The van der Waals surface area contributed by atoms with Gasteiger partial charge in [0.2, 0.25) is 6.33 Å². The Labute approximate surface area is 108 Å². The molecule has 1 rings (SSSR count). The minimum absolute atomic E-state index is 0.183. The van der Waals surface area contributed by atoms with Crippen LogP contribution >= 0.6 is 0 Å². The van der Waals surface area contributed by atoms with E-state index in [1.54, 1.807) is 0 Å². The van der Waals surface area contributed by atoms with Gasteiger partial charge in [-0.3, -0.25) is 4.79 Å². The first kappa shape index (κ1) is 17.5. The van der Waals surface area contributed by atoms with Crippen molar-refractivity contribution in [3.05, 3.63) is 18.7 Å². The lowest BCUT2D eigenvalue weighted by atomic mass is 10.3. The average Bonchev–Trinajstić information content (AvgIpc) is 2.69. The van der Waals surface area contributed by atoms with Gasteiger partial charge in [-0.05, 0) is 6.42 Å². The molecule has 0 radical (unpaired) electrons. The second-order valence-electron chi connectivity index (χ2n) is 3.88. The van der Waals surface area contributed by atoms with Crippen LogP contribution in [-0.2, 0) is 17.9 Å². The Kier molecular flexibility index (Phi) is 7.86. The molecule has 0 bridgehead atoms. The molecule has 9 heteroatoms. The molecule has 1 aromatic rings. The number of aliphatic carboxylic acids is 1. The summed E-state index contributed by atoms with van der Waals surface area (Å²) in [4.78, 5) is 10.3. The van der Waals surface area contributed by atoms with E-state index in [0.717, 1.165) is 13.0 Å². The summed E-state index contributed by atoms with van der Waals surface area (Å²) in [5.41, 5.74) is 0. The van der Waals surface area contributed by atoms with Crippen LogP contribution in [0.3, 0.4) is 0 Å². The number of nitrogens with zero attached hydrogens (tertiary/aromatic N) is 2. The van der Waals surface area contributed by atoms with Crippen molar-refractivity contribution in [1.29, 1.82) is 0 Å². The number of unbranched alkanes of at least 4 members (excludes halogenated alkanes) is 1. The van der Waals surface area contributed by atoms with Gasteiger partial charge in [-0.2, -0.15) is 0 Å². The number of hydrogen-bond acceptors (Lipinski definition) is 1. The molecule has 0 amide bonds. The zero-order chi connectivity index (χ0) is 14.9. The Morgan fingerprint density at radius 2 is 1.95 bits per heavy atom. The van der Waals surface area contributed by atoms with Gasteiger partial charge in [-0.1, -0.05) is 13.3 Å². The number of hydrogen-bond donors (Lipinski definition) is 1. The lowest BCUT2D eigenvalue weighted by molar-refractivity contribution is -0.696. The molecule has 19 heavy (non-hydrogen) atoms. The predicted molar refractivity (Wildman–Crippen MR) is 62.0 cm³/mol. The van der Waals surface area contributed by atoms with Crippen molar-refractivity contribution >= 4 is 13.2 Å². The number of aromatic nitrogens is 2. The molecule has 0 aliphatic carbocycles. The van der Waals surface area contributed by atoms with Crippen LogP contribution < -0.4 is 4.57 Å². The molecule has 0 saturated heterocycles. The van der Waals surface area contributed by atoms with Crippen molar-refractivity contribution in [3.8, 4) is 0 Å². The van der Waals surface area contributed by atoms with E-state index in [0.29, 0.717) is 6.54 Å². The van der Waals surface area contributed by atoms with Crippen LogP contribution in [0.25, 0.3) is 0 Å². The van der Waals surface area contributed by atoms with Crippen LogP contribution in [0.2, 0.25) is 0 Å². The summed E-state index contributed by atoms with van der Waals surface area (Å²) in [5, 5.41) is 8.50. The van der Waals surface area contributed by atoms with E-state index in [2.05, 4.69) is 11.5 Å². The van der Waals surface area contributed by atoms with Crippen LogP contribution in [0.15, 0.2) is 18.7 Å². The van der Waals surface area contributed by atoms with Crippen LogP contribution in [-0.4, -0.2) is 22.9 Å². The highest BCUT2D eigenvalue weighted by Crippen LogP contribution is 2.06. The SMILES string of the molecule is CCCC[n+]1ccn(CCC(=O)O)c1.F[B-](F)(F)F. The van der Waals surface area contributed by atoms with Crippen molar-refractivity contribution in [1.82, 2.24) is 4.57 Å². The minimum Gasteiger partial charge on any atom is -0.481 e. The van der Waals surface area contributed by atoms with Crippen LogP contribution in [0.5, 0.6) is 0 Å². The lowest BCUT2D eigenvalue weighted by Gasteiger charge is -1.94. The van der Waals surface area contributed by atoms with Gasteiger partial charge in [-0.15, -0.1) is 0 Å². The monoisotopic (exact) mass is 284 g/mol. The molecule has 1 N–H and O–H groups in total. The van der Waals surface area contributed by atoms with Gasteiger partial charge >= 0.3 is 13.2 Å². The summed E-state index contributed by atoms with van der Waals surface area (Å²) in [5.74, 6) is -0.751. The molecule has 0 aliphatic heterocycles. The number of carboxylic acid groups (broad SMARTS) is 1. The van der Waals surface area contributed by atoms with Gasteiger partial charge in [0.05, 0.1) is 13.0 Å². The number of halogens is 4.